The third-order valence-corrected chi connectivity index (χ3v) is 7.95. The monoisotopic (exact) mass is 460 g/mol. The van der Waals surface area contributed by atoms with Crippen molar-refractivity contribution in [2.45, 2.75) is 44.8 Å². The van der Waals surface area contributed by atoms with Crippen molar-refractivity contribution >= 4 is 38.4 Å². The fourth-order valence-electron chi connectivity index (χ4n) is 5.35. The van der Waals surface area contributed by atoms with Gasteiger partial charge in [0.05, 0.1) is 28.8 Å². The Morgan fingerprint density at radius 3 is 2.79 bits per heavy atom. The maximum atomic E-state index is 13.8. The van der Waals surface area contributed by atoms with Gasteiger partial charge in [0.15, 0.2) is 16.7 Å². The summed E-state index contributed by atoms with van der Waals surface area (Å²) < 4.78 is 12.9. The lowest BCUT2D eigenvalue weighted by Gasteiger charge is -2.35. The third kappa shape index (κ3) is 3.09. The Kier molecular flexibility index (Phi) is 4.76. The zero-order valence-electron chi connectivity index (χ0n) is 18.5. The first-order chi connectivity index (χ1) is 16.1. The normalized spacial score (nSPS) is 24.7. The first-order valence-electron chi connectivity index (χ1n) is 11.4. The van der Waals surface area contributed by atoms with Crippen LogP contribution in [0.3, 0.4) is 0 Å². The van der Waals surface area contributed by atoms with Crippen molar-refractivity contribution in [3.8, 4) is 5.75 Å². The summed E-state index contributed by atoms with van der Waals surface area (Å²) >= 11 is 1.46. The van der Waals surface area contributed by atoms with Crippen LogP contribution in [0.15, 0.2) is 53.8 Å². The van der Waals surface area contributed by atoms with Gasteiger partial charge in [0.2, 0.25) is 0 Å². The molecule has 168 valence electrons. The number of carbonyl (C=O) groups excluding carboxylic acids is 2. The summed E-state index contributed by atoms with van der Waals surface area (Å²) in [5.41, 5.74) is 3.17. The molecule has 0 radical (unpaired) electrons. The van der Waals surface area contributed by atoms with Gasteiger partial charge in [-0.05, 0) is 49.9 Å². The maximum Gasteiger partial charge on any atom is 0.296 e. The summed E-state index contributed by atoms with van der Waals surface area (Å²) in [6.07, 6.45) is 3.41. The van der Waals surface area contributed by atoms with Crippen LogP contribution in [0.4, 0.5) is 5.13 Å². The van der Waals surface area contributed by atoms with E-state index in [1.54, 1.807) is 12.0 Å². The van der Waals surface area contributed by atoms with E-state index in [9.17, 15) is 9.59 Å². The number of ether oxygens (including phenoxy) is 2. The van der Waals surface area contributed by atoms with Gasteiger partial charge < -0.3 is 9.47 Å². The molecular weight excluding hydrogens is 436 g/mol. The van der Waals surface area contributed by atoms with Crippen LogP contribution in [0.2, 0.25) is 0 Å². The minimum Gasteiger partial charge on any atom is -0.496 e. The second-order valence-electron chi connectivity index (χ2n) is 8.94. The van der Waals surface area contributed by atoms with E-state index in [1.165, 1.54) is 11.3 Å². The predicted octanol–water partition coefficient (Wildman–Crippen LogP) is 5.11. The van der Waals surface area contributed by atoms with Crippen molar-refractivity contribution in [1.29, 1.82) is 0 Å². The van der Waals surface area contributed by atoms with E-state index in [2.05, 4.69) is 6.07 Å². The first-order valence-corrected chi connectivity index (χ1v) is 12.2. The Labute approximate surface area is 195 Å². The molecule has 6 nitrogen and oxygen atoms in total. The number of aromatic nitrogens is 1. The molecule has 0 bridgehead atoms. The predicted molar refractivity (Wildman–Crippen MR) is 126 cm³/mol. The summed E-state index contributed by atoms with van der Waals surface area (Å²) in [4.78, 5) is 34.0. The highest BCUT2D eigenvalue weighted by Gasteiger charge is 2.53. The fraction of sp³-hybridized carbons (Fsp3) is 0.346. The highest BCUT2D eigenvalue weighted by Crippen LogP contribution is 2.50. The summed E-state index contributed by atoms with van der Waals surface area (Å²) in [7, 11) is 1.60. The number of ketones is 1. The fourth-order valence-corrected chi connectivity index (χ4v) is 6.44. The van der Waals surface area contributed by atoms with Gasteiger partial charge in [-0.2, -0.15) is 0 Å². The number of Topliss-reactive ketones (excluding diaryl/α,β-unsaturated/α-hetero) is 1. The molecule has 1 saturated carbocycles. The van der Waals surface area contributed by atoms with E-state index >= 15 is 0 Å². The molecular formula is C26H24N2O4S. The van der Waals surface area contributed by atoms with Gasteiger partial charge in [-0.1, -0.05) is 42.0 Å². The van der Waals surface area contributed by atoms with Gasteiger partial charge in [-0.15, -0.1) is 0 Å². The van der Waals surface area contributed by atoms with E-state index in [-0.39, 0.29) is 29.5 Å². The van der Waals surface area contributed by atoms with Gasteiger partial charge in [0.25, 0.3) is 5.91 Å². The van der Waals surface area contributed by atoms with Crippen molar-refractivity contribution in [3.63, 3.8) is 0 Å². The molecule has 2 aliphatic heterocycles. The number of hydrogen-bond donors (Lipinski definition) is 0. The molecule has 0 saturated heterocycles. The van der Waals surface area contributed by atoms with E-state index in [4.69, 9.17) is 14.5 Å². The van der Waals surface area contributed by atoms with E-state index in [0.717, 1.165) is 47.0 Å². The summed E-state index contributed by atoms with van der Waals surface area (Å²) in [6, 6.07) is 13.0. The van der Waals surface area contributed by atoms with Crippen LogP contribution in [-0.2, 0) is 14.3 Å². The Morgan fingerprint density at radius 1 is 1.12 bits per heavy atom. The molecule has 3 heterocycles. The van der Waals surface area contributed by atoms with Crippen LogP contribution in [0.5, 0.6) is 5.75 Å². The number of anilines is 1. The van der Waals surface area contributed by atoms with Crippen molar-refractivity contribution < 1.29 is 19.1 Å². The van der Waals surface area contributed by atoms with Crippen LogP contribution in [-0.4, -0.2) is 29.9 Å². The topological polar surface area (TPSA) is 68.7 Å². The number of carbonyl (C=O) groups is 2. The van der Waals surface area contributed by atoms with Gasteiger partial charge in [-0.3, -0.25) is 14.5 Å². The standard InChI is InChI=1S/C26H24N2O4S/c1-14-11-12-17-20(13-14)33-26(27-17)28-22(15-7-3-5-9-18(15)31-2)21-23(29)16-8-4-6-10-19(16)32-24(21)25(28)30/h3,5,7,9,11-13,16,19,22H,4,6,8,10H2,1-2H3. The minimum absolute atomic E-state index is 0.0321. The smallest absolute Gasteiger partial charge is 0.296 e. The zero-order valence-corrected chi connectivity index (χ0v) is 19.4. The highest BCUT2D eigenvalue weighted by atomic mass is 32.1. The molecule has 1 aromatic heterocycles. The molecule has 0 spiro atoms. The number of rotatable bonds is 3. The number of methoxy groups -OCH3 is 1. The lowest BCUT2D eigenvalue weighted by Crippen LogP contribution is -2.39. The molecule has 3 aliphatic rings. The van der Waals surface area contributed by atoms with Crippen LogP contribution >= 0.6 is 11.3 Å². The quantitative estimate of drug-likeness (QED) is 0.543. The number of nitrogens with zero attached hydrogens (tertiary/aromatic N) is 2. The van der Waals surface area contributed by atoms with Gasteiger partial charge in [-0.25, -0.2) is 4.98 Å². The summed E-state index contributed by atoms with van der Waals surface area (Å²) in [6.45, 7) is 2.03. The summed E-state index contributed by atoms with van der Waals surface area (Å²) in [5.74, 6) is 0.359. The van der Waals surface area contributed by atoms with Crippen LogP contribution in [0.25, 0.3) is 10.2 Å². The number of hydrogen-bond acceptors (Lipinski definition) is 6. The Hall–Kier alpha value is -3.19. The van der Waals surface area contributed by atoms with Crippen LogP contribution in [0, 0.1) is 12.8 Å². The molecule has 33 heavy (non-hydrogen) atoms. The number of aryl methyl sites for hydroxylation is 1. The number of para-hydroxylation sites is 1. The van der Waals surface area contributed by atoms with Crippen LogP contribution < -0.4 is 9.64 Å². The number of thiazole rings is 1. The first kappa shape index (κ1) is 20.4. The number of fused-ring (bicyclic) bond motifs is 2. The molecule has 0 N–H and O–H groups in total. The van der Waals surface area contributed by atoms with Crippen LogP contribution in [0.1, 0.15) is 42.9 Å². The van der Waals surface area contributed by atoms with E-state index in [1.807, 2.05) is 43.3 Å². The molecule has 6 rings (SSSR count). The lowest BCUT2D eigenvalue weighted by atomic mass is 9.77. The second kappa shape index (κ2) is 7.70. The molecule has 2 aromatic carbocycles. The zero-order chi connectivity index (χ0) is 22.7. The van der Waals surface area contributed by atoms with Crippen molar-refractivity contribution in [3.05, 3.63) is 64.9 Å². The van der Waals surface area contributed by atoms with Gasteiger partial charge in [0, 0.05) is 5.56 Å². The molecule has 1 aliphatic carbocycles. The average molecular weight is 461 g/mol. The molecule has 3 unspecified atom stereocenters. The largest absolute Gasteiger partial charge is 0.496 e. The molecule has 3 aromatic rings. The summed E-state index contributed by atoms with van der Waals surface area (Å²) in [5, 5.41) is 0.560. The third-order valence-electron chi connectivity index (χ3n) is 6.94. The minimum atomic E-state index is -0.624. The van der Waals surface area contributed by atoms with Crippen molar-refractivity contribution in [2.24, 2.45) is 5.92 Å². The SMILES string of the molecule is COc1ccccc1C1C2=C(OC3CCCCC3C2=O)C(=O)N1c1nc2ccc(C)cc2s1. The van der Waals surface area contributed by atoms with Gasteiger partial charge >= 0.3 is 0 Å². The Bertz CT molecular complexity index is 1330. The Morgan fingerprint density at radius 2 is 1.94 bits per heavy atom. The van der Waals surface area contributed by atoms with Crippen molar-refractivity contribution in [2.75, 3.05) is 12.0 Å². The highest BCUT2D eigenvalue weighted by molar-refractivity contribution is 7.22. The second-order valence-corrected chi connectivity index (χ2v) is 9.95. The average Bonchev–Trinajstić information content (AvgIpc) is 3.37. The Balaban J connectivity index is 1.54. The molecule has 3 atom stereocenters. The van der Waals surface area contributed by atoms with E-state index < -0.39 is 6.04 Å². The van der Waals surface area contributed by atoms with Gasteiger partial charge in [0.1, 0.15) is 17.9 Å². The van der Waals surface area contributed by atoms with Crippen molar-refractivity contribution in [1.82, 2.24) is 4.98 Å². The number of benzene rings is 2. The lowest BCUT2D eigenvalue weighted by molar-refractivity contribution is -0.131. The molecule has 1 amide bonds. The molecule has 1 fully saturated rings. The number of amides is 1. The van der Waals surface area contributed by atoms with E-state index in [0.29, 0.717) is 16.5 Å². The molecule has 7 heteroatoms. The maximum absolute atomic E-state index is 13.8.